The van der Waals surface area contributed by atoms with Gasteiger partial charge in [-0.05, 0) is 60.4 Å². The molecule has 26 heavy (non-hydrogen) atoms. The Morgan fingerprint density at radius 1 is 1.12 bits per heavy atom. The van der Waals surface area contributed by atoms with Crippen LogP contribution in [0.4, 0.5) is 4.39 Å². The molecule has 1 saturated carbocycles. The summed E-state index contributed by atoms with van der Waals surface area (Å²) >= 11 is 0. The lowest BCUT2D eigenvalue weighted by Crippen LogP contribution is -2.35. The maximum Gasteiger partial charge on any atom is 0.128 e. The number of imidazole rings is 1. The number of nitrogens with zero attached hydrogens (tertiary/aromatic N) is 1. The fourth-order valence-corrected chi connectivity index (χ4v) is 3.84. The van der Waals surface area contributed by atoms with Crippen LogP contribution in [0.15, 0.2) is 42.7 Å². The minimum absolute atomic E-state index is 0.145. The molecule has 0 spiro atoms. The van der Waals surface area contributed by atoms with E-state index in [-0.39, 0.29) is 5.82 Å². The van der Waals surface area contributed by atoms with Crippen molar-refractivity contribution in [2.75, 3.05) is 0 Å². The first-order valence-electron chi connectivity index (χ1n) is 9.45. The lowest BCUT2D eigenvalue weighted by atomic mass is 9.75. The summed E-state index contributed by atoms with van der Waals surface area (Å²) in [5.74, 6) is -0.145. The zero-order chi connectivity index (χ0) is 18.1. The van der Waals surface area contributed by atoms with Crippen molar-refractivity contribution in [2.45, 2.75) is 52.1 Å². The number of nitrogens with one attached hydrogen (secondary N) is 2. The highest BCUT2D eigenvalue weighted by Gasteiger charge is 2.26. The highest BCUT2D eigenvalue weighted by atomic mass is 19.1. The van der Waals surface area contributed by atoms with Crippen molar-refractivity contribution in [3.05, 3.63) is 54.1 Å². The molecular weight excluding hydrogens is 325 g/mol. The molecular formula is C22H26FN3. The summed E-state index contributed by atoms with van der Waals surface area (Å²) in [6.45, 7) is 5.26. The van der Waals surface area contributed by atoms with E-state index in [1.54, 1.807) is 12.4 Å². The van der Waals surface area contributed by atoms with Crippen LogP contribution in [0.2, 0.25) is 0 Å². The van der Waals surface area contributed by atoms with Gasteiger partial charge in [-0.15, -0.1) is 0 Å². The van der Waals surface area contributed by atoms with Gasteiger partial charge in [0, 0.05) is 18.2 Å². The molecule has 0 saturated heterocycles. The van der Waals surface area contributed by atoms with Crippen LogP contribution < -0.4 is 5.32 Å². The molecule has 1 fully saturated rings. The monoisotopic (exact) mass is 351 g/mol. The van der Waals surface area contributed by atoms with Crippen molar-refractivity contribution < 1.29 is 4.39 Å². The topological polar surface area (TPSA) is 40.7 Å². The van der Waals surface area contributed by atoms with Gasteiger partial charge in [0.1, 0.15) is 5.82 Å². The van der Waals surface area contributed by atoms with Crippen molar-refractivity contribution in [1.29, 1.82) is 0 Å². The van der Waals surface area contributed by atoms with Crippen LogP contribution in [0.5, 0.6) is 0 Å². The summed E-state index contributed by atoms with van der Waals surface area (Å²) in [4.78, 5) is 7.36. The molecule has 1 aliphatic carbocycles. The Labute approximate surface area is 154 Å². The minimum Gasteiger partial charge on any atom is -0.345 e. The van der Waals surface area contributed by atoms with Crippen LogP contribution in [-0.4, -0.2) is 16.0 Å². The van der Waals surface area contributed by atoms with E-state index in [1.807, 2.05) is 30.3 Å². The molecule has 0 radical (unpaired) electrons. The molecule has 4 heteroatoms. The predicted octanol–water partition coefficient (Wildman–Crippen LogP) is 5.43. The molecule has 0 bridgehead atoms. The van der Waals surface area contributed by atoms with Crippen molar-refractivity contribution >= 4 is 11.0 Å². The molecule has 1 aromatic heterocycles. The number of fused-ring (bicyclic) bond motifs is 1. The Bertz CT molecular complexity index is 903. The van der Waals surface area contributed by atoms with E-state index in [9.17, 15) is 4.39 Å². The smallest absolute Gasteiger partial charge is 0.128 e. The summed E-state index contributed by atoms with van der Waals surface area (Å²) < 4.78 is 14.6. The number of halogens is 1. The van der Waals surface area contributed by atoms with Gasteiger partial charge < -0.3 is 10.3 Å². The standard InChI is InChI=1S/C22H26FN3/c1-22(2)9-7-18(8-10-22)24-13-17-4-3-15(11-19(17)23)16-5-6-20-21(12-16)26-14-25-20/h3-6,11-12,14,18,24H,7-10,13H2,1-2H3,(H,25,26). The SMILES string of the molecule is CC1(C)CCC(NCc2ccc(-c3ccc4[nH]cnc4c3)cc2F)CC1. The molecule has 1 aliphatic rings. The van der Waals surface area contributed by atoms with Gasteiger partial charge in [0.05, 0.1) is 17.4 Å². The Balaban J connectivity index is 1.44. The molecule has 0 unspecified atom stereocenters. The molecule has 2 N–H and O–H groups in total. The Hall–Kier alpha value is -2.20. The van der Waals surface area contributed by atoms with Gasteiger partial charge in [0.15, 0.2) is 0 Å². The summed E-state index contributed by atoms with van der Waals surface area (Å²) in [6, 6.07) is 12.0. The number of rotatable bonds is 4. The van der Waals surface area contributed by atoms with Crippen LogP contribution in [0.3, 0.4) is 0 Å². The number of aromatic amines is 1. The Morgan fingerprint density at radius 3 is 2.62 bits per heavy atom. The van der Waals surface area contributed by atoms with Gasteiger partial charge in [-0.3, -0.25) is 0 Å². The second kappa shape index (κ2) is 6.84. The quantitative estimate of drug-likeness (QED) is 0.658. The fraction of sp³-hybridized carbons (Fsp3) is 0.409. The highest BCUT2D eigenvalue weighted by molar-refractivity contribution is 5.81. The third-order valence-electron chi connectivity index (χ3n) is 5.73. The molecule has 1 heterocycles. The van der Waals surface area contributed by atoms with Crippen molar-refractivity contribution in [1.82, 2.24) is 15.3 Å². The summed E-state index contributed by atoms with van der Waals surface area (Å²) in [5, 5.41) is 3.54. The molecule has 2 aromatic carbocycles. The maximum absolute atomic E-state index is 14.6. The normalized spacial score (nSPS) is 17.7. The molecule has 3 nitrogen and oxygen atoms in total. The van der Waals surface area contributed by atoms with E-state index in [0.29, 0.717) is 18.0 Å². The zero-order valence-corrected chi connectivity index (χ0v) is 15.5. The molecule has 136 valence electrons. The van der Waals surface area contributed by atoms with Gasteiger partial charge in [-0.25, -0.2) is 9.37 Å². The van der Waals surface area contributed by atoms with E-state index in [4.69, 9.17) is 0 Å². The molecule has 0 atom stereocenters. The van der Waals surface area contributed by atoms with Crippen LogP contribution in [0.1, 0.15) is 45.1 Å². The van der Waals surface area contributed by atoms with Crippen molar-refractivity contribution in [2.24, 2.45) is 5.41 Å². The van der Waals surface area contributed by atoms with Crippen LogP contribution in [0, 0.1) is 11.2 Å². The molecule has 0 amide bonds. The van der Waals surface area contributed by atoms with Crippen LogP contribution >= 0.6 is 0 Å². The first-order valence-corrected chi connectivity index (χ1v) is 9.45. The third-order valence-corrected chi connectivity index (χ3v) is 5.73. The van der Waals surface area contributed by atoms with Crippen molar-refractivity contribution in [3.63, 3.8) is 0 Å². The predicted molar refractivity (Wildman–Crippen MR) is 104 cm³/mol. The zero-order valence-electron chi connectivity index (χ0n) is 15.5. The lowest BCUT2D eigenvalue weighted by Gasteiger charge is -2.34. The highest BCUT2D eigenvalue weighted by Crippen LogP contribution is 2.35. The maximum atomic E-state index is 14.6. The van der Waals surface area contributed by atoms with Gasteiger partial charge in [0.2, 0.25) is 0 Å². The Kier molecular flexibility index (Phi) is 4.53. The van der Waals surface area contributed by atoms with Gasteiger partial charge in [-0.2, -0.15) is 0 Å². The van der Waals surface area contributed by atoms with E-state index in [1.165, 1.54) is 25.7 Å². The van der Waals surface area contributed by atoms with Gasteiger partial charge >= 0.3 is 0 Å². The second-order valence-electron chi connectivity index (χ2n) is 8.26. The average Bonchev–Trinajstić information content (AvgIpc) is 3.09. The molecule has 0 aliphatic heterocycles. The van der Waals surface area contributed by atoms with E-state index < -0.39 is 0 Å². The second-order valence-corrected chi connectivity index (χ2v) is 8.26. The summed E-state index contributed by atoms with van der Waals surface area (Å²) in [7, 11) is 0. The number of hydrogen-bond donors (Lipinski definition) is 2. The van der Waals surface area contributed by atoms with E-state index in [0.717, 1.165) is 27.7 Å². The first-order chi connectivity index (χ1) is 12.5. The Morgan fingerprint density at radius 2 is 1.85 bits per heavy atom. The molecule has 4 rings (SSSR count). The summed E-state index contributed by atoms with van der Waals surface area (Å²) in [6.07, 6.45) is 6.51. The van der Waals surface area contributed by atoms with Crippen LogP contribution in [-0.2, 0) is 6.54 Å². The van der Waals surface area contributed by atoms with Crippen LogP contribution in [0.25, 0.3) is 22.2 Å². The third kappa shape index (κ3) is 3.65. The number of aromatic nitrogens is 2. The number of H-pyrrole nitrogens is 1. The summed E-state index contributed by atoms with van der Waals surface area (Å²) in [5.41, 5.74) is 4.95. The van der Waals surface area contributed by atoms with E-state index in [2.05, 4.69) is 29.1 Å². The average molecular weight is 351 g/mol. The van der Waals surface area contributed by atoms with Gasteiger partial charge in [0.25, 0.3) is 0 Å². The number of benzene rings is 2. The molecule has 3 aromatic rings. The first kappa shape index (κ1) is 17.2. The van der Waals surface area contributed by atoms with E-state index >= 15 is 0 Å². The lowest BCUT2D eigenvalue weighted by molar-refractivity contribution is 0.205. The minimum atomic E-state index is -0.145. The van der Waals surface area contributed by atoms with Crippen molar-refractivity contribution in [3.8, 4) is 11.1 Å². The fourth-order valence-electron chi connectivity index (χ4n) is 3.84. The number of hydrogen-bond acceptors (Lipinski definition) is 2. The van der Waals surface area contributed by atoms with Gasteiger partial charge in [-0.1, -0.05) is 32.0 Å². The largest absolute Gasteiger partial charge is 0.345 e.